The van der Waals surface area contributed by atoms with Crippen molar-refractivity contribution in [1.82, 2.24) is 0 Å². The Hall–Kier alpha value is -4.62. The second kappa shape index (κ2) is 9.85. The molecule has 0 radical (unpaired) electrons. The molecule has 0 spiro atoms. The third-order valence-electron chi connectivity index (χ3n) is 8.62. The Morgan fingerprint density at radius 1 is 0.375 bits per heavy atom. The van der Waals surface area contributed by atoms with Gasteiger partial charge in [0.2, 0.25) is 6.71 Å². The van der Waals surface area contributed by atoms with Crippen molar-refractivity contribution in [3.8, 4) is 11.1 Å². The second-order valence-corrected chi connectivity index (χ2v) is 11.1. The van der Waals surface area contributed by atoms with E-state index in [1.165, 1.54) is 76.5 Å². The van der Waals surface area contributed by atoms with Gasteiger partial charge in [-0.25, -0.2) is 0 Å². The number of benzene rings is 7. The number of hydrogen-bond acceptors (Lipinski definition) is 0. The minimum atomic E-state index is 0.111. The van der Waals surface area contributed by atoms with Crippen molar-refractivity contribution in [3.05, 3.63) is 150 Å². The van der Waals surface area contributed by atoms with Crippen molar-refractivity contribution in [2.75, 3.05) is 0 Å². The molecule has 0 heterocycles. The van der Waals surface area contributed by atoms with Crippen LogP contribution in [0.5, 0.6) is 0 Å². The Labute approximate surface area is 237 Å². The van der Waals surface area contributed by atoms with Crippen LogP contribution < -0.4 is 16.4 Å². The highest BCUT2D eigenvalue weighted by Crippen LogP contribution is 2.31. The summed E-state index contributed by atoms with van der Waals surface area (Å²) in [6.45, 7) is 6.86. The van der Waals surface area contributed by atoms with E-state index in [2.05, 4.69) is 154 Å². The molecule has 0 saturated carbocycles. The summed E-state index contributed by atoms with van der Waals surface area (Å²) >= 11 is 0. The summed E-state index contributed by atoms with van der Waals surface area (Å²) in [5, 5.41) is 7.81. The molecule has 7 aromatic rings. The maximum Gasteiger partial charge on any atom is 0.243 e. The molecule has 0 aliphatic rings. The highest BCUT2D eigenvalue weighted by Gasteiger charge is 2.28. The summed E-state index contributed by atoms with van der Waals surface area (Å²) in [5.74, 6) is 0. The first kappa shape index (κ1) is 24.4. The molecular weight excluding hydrogens is 479 g/mol. The summed E-state index contributed by atoms with van der Waals surface area (Å²) in [4.78, 5) is 0. The van der Waals surface area contributed by atoms with Crippen molar-refractivity contribution >= 4 is 55.4 Å². The zero-order valence-electron chi connectivity index (χ0n) is 23.3. The molecule has 0 fully saturated rings. The van der Waals surface area contributed by atoms with E-state index < -0.39 is 0 Å². The van der Waals surface area contributed by atoms with Gasteiger partial charge >= 0.3 is 0 Å². The molecule has 0 N–H and O–H groups in total. The van der Waals surface area contributed by atoms with E-state index >= 15 is 0 Å². The Morgan fingerprint density at radius 3 is 1.32 bits per heavy atom. The normalized spacial score (nSPS) is 11.4. The first-order chi connectivity index (χ1) is 19.6. The average Bonchev–Trinajstić information content (AvgIpc) is 2.99. The van der Waals surface area contributed by atoms with Crippen molar-refractivity contribution in [2.45, 2.75) is 20.8 Å². The molecule has 7 rings (SSSR count). The molecule has 7 aromatic carbocycles. The standard InChI is InChI=1S/C39H31B/c1-26-16-19-29-10-4-7-13-34(29)37(26)32-22-24-33(25-23-32)40(38-27(2)17-20-30-11-5-8-14-35(30)38)39-28(3)18-21-31-12-6-9-15-36(31)39/h4-25H,1-3H3. The quantitative estimate of drug-likeness (QED) is 0.209. The van der Waals surface area contributed by atoms with Crippen LogP contribution in [0.3, 0.4) is 0 Å². The molecule has 0 amide bonds. The maximum absolute atomic E-state index is 2.36. The van der Waals surface area contributed by atoms with Gasteiger partial charge in [-0.05, 0) is 69.8 Å². The summed E-state index contributed by atoms with van der Waals surface area (Å²) in [7, 11) is 0. The smallest absolute Gasteiger partial charge is 0.0685 e. The van der Waals surface area contributed by atoms with Crippen molar-refractivity contribution in [1.29, 1.82) is 0 Å². The fraction of sp³-hybridized carbons (Fsp3) is 0.0769. The minimum absolute atomic E-state index is 0.111. The highest BCUT2D eigenvalue weighted by molar-refractivity contribution is 6.98. The van der Waals surface area contributed by atoms with Crippen LogP contribution in [0.1, 0.15) is 16.7 Å². The SMILES string of the molecule is Cc1ccc2ccccc2c1B(c1ccc(-c2c(C)ccc3ccccc23)cc1)c1c(C)ccc2ccccc12. The van der Waals surface area contributed by atoms with Gasteiger partial charge in [0.05, 0.1) is 0 Å². The fourth-order valence-corrected chi connectivity index (χ4v) is 6.66. The highest BCUT2D eigenvalue weighted by atomic mass is 14.1. The Kier molecular flexibility index (Phi) is 6.01. The van der Waals surface area contributed by atoms with Gasteiger partial charge in [0.25, 0.3) is 0 Å². The lowest BCUT2D eigenvalue weighted by atomic mass is 9.34. The van der Waals surface area contributed by atoms with Gasteiger partial charge in [-0.1, -0.05) is 161 Å². The van der Waals surface area contributed by atoms with Crippen LogP contribution in [0.2, 0.25) is 0 Å². The largest absolute Gasteiger partial charge is 0.243 e. The van der Waals surface area contributed by atoms with Crippen LogP contribution in [-0.2, 0) is 0 Å². The van der Waals surface area contributed by atoms with Gasteiger partial charge in [-0.15, -0.1) is 0 Å². The monoisotopic (exact) mass is 510 g/mol. The van der Waals surface area contributed by atoms with Crippen LogP contribution in [0.4, 0.5) is 0 Å². The van der Waals surface area contributed by atoms with E-state index in [1.54, 1.807) is 0 Å². The molecule has 40 heavy (non-hydrogen) atoms. The van der Waals surface area contributed by atoms with Gasteiger partial charge < -0.3 is 0 Å². The van der Waals surface area contributed by atoms with Gasteiger partial charge in [-0.3, -0.25) is 0 Å². The first-order valence-corrected chi connectivity index (χ1v) is 14.2. The predicted molar refractivity (Wildman–Crippen MR) is 176 cm³/mol. The predicted octanol–water partition coefficient (Wildman–Crippen LogP) is 8.25. The lowest BCUT2D eigenvalue weighted by Gasteiger charge is -2.24. The topological polar surface area (TPSA) is 0 Å². The zero-order valence-corrected chi connectivity index (χ0v) is 23.3. The Balaban J connectivity index is 1.50. The molecule has 1 heteroatoms. The van der Waals surface area contributed by atoms with Crippen LogP contribution in [0.25, 0.3) is 43.4 Å². The van der Waals surface area contributed by atoms with E-state index in [4.69, 9.17) is 0 Å². The molecule has 0 atom stereocenters. The van der Waals surface area contributed by atoms with Gasteiger partial charge in [0.15, 0.2) is 0 Å². The summed E-state index contributed by atoms with van der Waals surface area (Å²) in [6, 6.07) is 49.3. The van der Waals surface area contributed by atoms with E-state index in [1.807, 2.05) is 0 Å². The van der Waals surface area contributed by atoms with Gasteiger partial charge in [0.1, 0.15) is 0 Å². The van der Waals surface area contributed by atoms with Crippen molar-refractivity contribution < 1.29 is 0 Å². The maximum atomic E-state index is 2.36. The minimum Gasteiger partial charge on any atom is -0.0685 e. The van der Waals surface area contributed by atoms with E-state index in [-0.39, 0.29) is 6.71 Å². The van der Waals surface area contributed by atoms with Crippen LogP contribution in [0.15, 0.2) is 133 Å². The third-order valence-corrected chi connectivity index (χ3v) is 8.62. The summed E-state index contributed by atoms with van der Waals surface area (Å²) < 4.78 is 0. The van der Waals surface area contributed by atoms with Gasteiger partial charge in [-0.2, -0.15) is 0 Å². The number of fused-ring (bicyclic) bond motifs is 3. The Bertz CT molecular complexity index is 1950. The molecule has 0 aliphatic heterocycles. The molecule has 0 nitrogen and oxygen atoms in total. The zero-order chi connectivity index (χ0) is 27.2. The second-order valence-electron chi connectivity index (χ2n) is 11.1. The van der Waals surface area contributed by atoms with Crippen LogP contribution >= 0.6 is 0 Å². The van der Waals surface area contributed by atoms with E-state index in [0.29, 0.717) is 0 Å². The van der Waals surface area contributed by atoms with Crippen molar-refractivity contribution in [3.63, 3.8) is 0 Å². The molecular formula is C39H31B. The Morgan fingerprint density at radius 2 is 0.800 bits per heavy atom. The lowest BCUT2D eigenvalue weighted by molar-refractivity contribution is 1.49. The molecule has 0 aromatic heterocycles. The third kappa shape index (κ3) is 4.01. The molecule has 0 saturated heterocycles. The van der Waals surface area contributed by atoms with E-state index in [9.17, 15) is 0 Å². The van der Waals surface area contributed by atoms with Gasteiger partial charge in [0, 0.05) is 0 Å². The van der Waals surface area contributed by atoms with Crippen molar-refractivity contribution in [2.24, 2.45) is 0 Å². The number of rotatable bonds is 4. The summed E-state index contributed by atoms with van der Waals surface area (Å²) in [5.41, 5.74) is 10.6. The molecule has 0 unspecified atom stereocenters. The fourth-order valence-electron chi connectivity index (χ4n) is 6.66. The molecule has 190 valence electrons. The first-order valence-electron chi connectivity index (χ1n) is 14.2. The summed E-state index contributed by atoms with van der Waals surface area (Å²) in [6.07, 6.45) is 0. The lowest BCUT2D eigenvalue weighted by Crippen LogP contribution is -2.54. The van der Waals surface area contributed by atoms with Crippen LogP contribution in [-0.4, -0.2) is 6.71 Å². The van der Waals surface area contributed by atoms with Crippen LogP contribution in [0, 0.1) is 20.8 Å². The molecule has 0 bridgehead atoms. The van der Waals surface area contributed by atoms with E-state index in [0.717, 1.165) is 0 Å². The average molecular weight is 510 g/mol. The number of hydrogen-bond donors (Lipinski definition) is 0. The molecule has 0 aliphatic carbocycles. The number of aryl methyl sites for hydroxylation is 3.